The molecule has 0 atom stereocenters. The zero-order valence-corrected chi connectivity index (χ0v) is 16.8. The molecule has 0 aliphatic carbocycles. The summed E-state index contributed by atoms with van der Waals surface area (Å²) < 4.78 is 7.46. The second-order valence-electron chi connectivity index (χ2n) is 6.45. The van der Waals surface area contributed by atoms with Crippen molar-refractivity contribution in [2.45, 2.75) is 26.4 Å². The van der Waals surface area contributed by atoms with Crippen molar-refractivity contribution in [2.75, 3.05) is 19.8 Å². The Balaban J connectivity index is 2.15. The van der Waals surface area contributed by atoms with E-state index in [9.17, 15) is 19.5 Å². The number of aromatic nitrogens is 2. The number of aryl methyl sites for hydroxylation is 3. The number of benzene rings is 1. The third kappa shape index (κ3) is 4.16. The van der Waals surface area contributed by atoms with Crippen molar-refractivity contribution in [3.8, 4) is 0 Å². The number of fused-ring (bicyclic) bond motifs is 1. The van der Waals surface area contributed by atoms with Gasteiger partial charge >= 0.3 is 11.7 Å². The van der Waals surface area contributed by atoms with E-state index in [0.717, 1.165) is 21.5 Å². The Kier molecular flexibility index (Phi) is 6.63. The number of aliphatic hydroxyl groups is 2. The molecule has 0 radical (unpaired) electrons. The van der Waals surface area contributed by atoms with Crippen LogP contribution in [0.1, 0.15) is 20.8 Å². The third-order valence-corrected chi connectivity index (χ3v) is 5.89. The van der Waals surface area contributed by atoms with Gasteiger partial charge in [0.1, 0.15) is 16.3 Å². The van der Waals surface area contributed by atoms with Gasteiger partial charge in [-0.2, -0.15) is 0 Å². The van der Waals surface area contributed by atoms with E-state index < -0.39 is 17.2 Å². The molecule has 3 aromatic rings. The van der Waals surface area contributed by atoms with Crippen molar-refractivity contribution in [1.29, 1.82) is 0 Å². The van der Waals surface area contributed by atoms with Crippen molar-refractivity contribution >= 4 is 27.5 Å². The van der Waals surface area contributed by atoms with Crippen LogP contribution >= 0.6 is 11.3 Å². The molecule has 0 aliphatic heterocycles. The lowest BCUT2D eigenvalue weighted by Crippen LogP contribution is -2.40. The zero-order valence-electron chi connectivity index (χ0n) is 16.0. The summed E-state index contributed by atoms with van der Waals surface area (Å²) in [5.41, 5.74) is 0.399. The minimum absolute atomic E-state index is 0.126. The Morgan fingerprint density at radius 1 is 1.07 bits per heavy atom. The summed E-state index contributed by atoms with van der Waals surface area (Å²) in [6.45, 7) is 1.01. The van der Waals surface area contributed by atoms with Crippen molar-refractivity contribution in [2.24, 2.45) is 0 Å². The summed E-state index contributed by atoms with van der Waals surface area (Å²) >= 11 is 1.03. The van der Waals surface area contributed by atoms with Gasteiger partial charge in [0.25, 0.3) is 5.56 Å². The summed E-state index contributed by atoms with van der Waals surface area (Å²) in [7, 11) is 0. The maximum atomic E-state index is 12.9. The molecule has 9 heteroatoms. The van der Waals surface area contributed by atoms with Gasteiger partial charge in [-0.05, 0) is 24.5 Å². The average molecular weight is 418 g/mol. The van der Waals surface area contributed by atoms with Crippen LogP contribution in [0.15, 0.2) is 39.9 Å². The predicted octanol–water partition coefficient (Wildman–Crippen LogP) is 0.917. The van der Waals surface area contributed by atoms with Gasteiger partial charge in [0.2, 0.25) is 0 Å². The Bertz CT molecular complexity index is 1130. The molecular formula is C20H22N2O6S. The SMILES string of the molecule is Cc1c(C(=O)OCCO)sc2c1c(=O)n(CCO)c(=O)n2CCc1ccccc1. The minimum Gasteiger partial charge on any atom is -0.459 e. The lowest BCUT2D eigenvalue weighted by atomic mass is 10.1. The van der Waals surface area contributed by atoms with E-state index in [1.54, 1.807) is 6.92 Å². The second-order valence-corrected chi connectivity index (χ2v) is 7.45. The normalized spacial score (nSPS) is 11.1. The average Bonchev–Trinajstić information content (AvgIpc) is 3.07. The summed E-state index contributed by atoms with van der Waals surface area (Å²) in [6.07, 6.45) is 0.564. The van der Waals surface area contributed by atoms with Crippen molar-refractivity contribution in [1.82, 2.24) is 9.13 Å². The third-order valence-electron chi connectivity index (χ3n) is 4.59. The maximum Gasteiger partial charge on any atom is 0.348 e. The van der Waals surface area contributed by atoms with Gasteiger partial charge in [0.15, 0.2) is 0 Å². The van der Waals surface area contributed by atoms with E-state index >= 15 is 0 Å². The molecule has 0 saturated carbocycles. The van der Waals surface area contributed by atoms with Gasteiger partial charge in [0.05, 0.1) is 25.1 Å². The molecule has 0 saturated heterocycles. The number of esters is 1. The fourth-order valence-corrected chi connectivity index (χ4v) is 4.39. The molecule has 154 valence electrons. The summed E-state index contributed by atoms with van der Waals surface area (Å²) in [5, 5.41) is 18.4. The first-order valence-corrected chi connectivity index (χ1v) is 10.0. The molecule has 3 rings (SSSR count). The minimum atomic E-state index is -0.645. The molecule has 0 spiro atoms. The van der Waals surface area contributed by atoms with Crippen LogP contribution in [-0.2, 0) is 24.2 Å². The molecule has 0 fully saturated rings. The van der Waals surface area contributed by atoms with Gasteiger partial charge in [-0.15, -0.1) is 11.3 Å². The Morgan fingerprint density at radius 2 is 1.79 bits per heavy atom. The van der Waals surface area contributed by atoms with E-state index in [1.807, 2.05) is 30.3 Å². The fourth-order valence-electron chi connectivity index (χ4n) is 3.17. The number of thiophene rings is 1. The number of hydrogen-bond acceptors (Lipinski definition) is 7. The number of aliphatic hydroxyl groups excluding tert-OH is 2. The van der Waals surface area contributed by atoms with Gasteiger partial charge in [-0.25, -0.2) is 9.59 Å². The molecular weight excluding hydrogens is 396 g/mol. The fraction of sp³-hybridized carbons (Fsp3) is 0.350. The molecule has 2 heterocycles. The van der Waals surface area contributed by atoms with Crippen molar-refractivity contribution in [3.05, 3.63) is 67.2 Å². The first-order chi connectivity index (χ1) is 14.0. The smallest absolute Gasteiger partial charge is 0.348 e. The molecule has 2 aromatic heterocycles. The molecule has 2 N–H and O–H groups in total. The van der Waals surface area contributed by atoms with Crippen LogP contribution < -0.4 is 11.2 Å². The molecule has 0 aliphatic rings. The number of nitrogens with zero attached hydrogens (tertiary/aromatic N) is 2. The lowest BCUT2D eigenvalue weighted by Gasteiger charge is -2.11. The summed E-state index contributed by atoms with van der Waals surface area (Å²) in [4.78, 5) is 38.8. The molecule has 1 aromatic carbocycles. The maximum absolute atomic E-state index is 12.9. The molecule has 0 amide bonds. The van der Waals surface area contributed by atoms with Gasteiger partial charge < -0.3 is 14.9 Å². The number of carbonyl (C=O) groups excluding carboxylic acids is 1. The number of carbonyl (C=O) groups is 1. The molecule has 0 bridgehead atoms. The lowest BCUT2D eigenvalue weighted by molar-refractivity contribution is 0.0438. The van der Waals surface area contributed by atoms with Crippen LogP contribution in [0.3, 0.4) is 0 Å². The Labute approximate surface area is 170 Å². The van der Waals surface area contributed by atoms with Gasteiger partial charge in [0, 0.05) is 6.54 Å². The monoisotopic (exact) mass is 418 g/mol. The van der Waals surface area contributed by atoms with Crippen LogP contribution in [0.25, 0.3) is 10.2 Å². The highest BCUT2D eigenvalue weighted by atomic mass is 32.1. The summed E-state index contributed by atoms with van der Waals surface area (Å²) in [5.74, 6) is -0.645. The highest BCUT2D eigenvalue weighted by Crippen LogP contribution is 2.28. The topological polar surface area (TPSA) is 111 Å². The van der Waals surface area contributed by atoms with Crippen LogP contribution in [0.2, 0.25) is 0 Å². The van der Waals surface area contributed by atoms with E-state index in [2.05, 4.69) is 0 Å². The molecule has 0 unspecified atom stereocenters. The first-order valence-electron chi connectivity index (χ1n) is 9.19. The standard InChI is InChI=1S/C20H22N2O6S/c1-13-15-17(25)21(9-10-23)20(27)22(8-7-14-5-3-2-4-6-14)18(15)29-16(13)19(26)28-12-11-24/h2-6,23-24H,7-12H2,1H3. The second kappa shape index (κ2) is 9.17. The number of rotatable bonds is 8. The predicted molar refractivity (Wildman–Crippen MR) is 110 cm³/mol. The summed E-state index contributed by atoms with van der Waals surface area (Å²) in [6, 6.07) is 9.62. The first kappa shape index (κ1) is 21.0. The van der Waals surface area contributed by atoms with E-state index in [1.165, 1.54) is 4.57 Å². The molecule has 29 heavy (non-hydrogen) atoms. The number of hydrogen-bond donors (Lipinski definition) is 2. The van der Waals surface area contributed by atoms with E-state index in [-0.39, 0.29) is 36.6 Å². The van der Waals surface area contributed by atoms with E-state index in [4.69, 9.17) is 9.84 Å². The van der Waals surface area contributed by atoms with Crippen molar-refractivity contribution in [3.63, 3.8) is 0 Å². The zero-order chi connectivity index (χ0) is 21.0. The van der Waals surface area contributed by atoms with Crippen molar-refractivity contribution < 1.29 is 19.7 Å². The number of ether oxygens (including phenoxy) is 1. The van der Waals surface area contributed by atoms with Gasteiger partial charge in [-0.3, -0.25) is 13.9 Å². The Morgan fingerprint density at radius 3 is 2.45 bits per heavy atom. The van der Waals surface area contributed by atoms with Crippen LogP contribution in [-0.4, -0.2) is 45.1 Å². The van der Waals surface area contributed by atoms with Crippen LogP contribution in [0.4, 0.5) is 0 Å². The quantitative estimate of drug-likeness (QED) is 0.526. The Hall–Kier alpha value is -2.75. The van der Waals surface area contributed by atoms with Gasteiger partial charge in [-0.1, -0.05) is 30.3 Å². The van der Waals surface area contributed by atoms with Crippen LogP contribution in [0, 0.1) is 6.92 Å². The highest BCUT2D eigenvalue weighted by molar-refractivity contribution is 7.20. The highest BCUT2D eigenvalue weighted by Gasteiger charge is 2.23. The molecule has 8 nitrogen and oxygen atoms in total. The van der Waals surface area contributed by atoms with Crippen LogP contribution in [0.5, 0.6) is 0 Å². The van der Waals surface area contributed by atoms with E-state index in [0.29, 0.717) is 23.4 Å². The largest absolute Gasteiger partial charge is 0.459 e.